The molecule has 2 heterocycles. The third-order valence-corrected chi connectivity index (χ3v) is 8.56. The molecule has 8 heteroatoms. The largest absolute Gasteiger partial charge is 0.385 e. The molecule has 0 bridgehead atoms. The number of carbonyl (C=O) groups is 1. The molecule has 2 saturated heterocycles. The number of benzene rings is 3. The Kier molecular flexibility index (Phi) is 8.31. The Bertz CT molecular complexity index is 1280. The van der Waals surface area contributed by atoms with Crippen molar-refractivity contribution in [3.63, 3.8) is 0 Å². The van der Waals surface area contributed by atoms with Crippen LogP contribution in [0.2, 0.25) is 0 Å². The lowest BCUT2D eigenvalue weighted by Crippen LogP contribution is -2.53. The molecule has 212 valence electrons. The lowest BCUT2D eigenvalue weighted by atomic mass is 9.70. The van der Waals surface area contributed by atoms with Crippen LogP contribution in [0, 0.1) is 24.4 Å². The summed E-state index contributed by atoms with van der Waals surface area (Å²) in [7, 11) is 0. The first-order chi connectivity index (χ1) is 19.3. The molecule has 3 aromatic rings. The number of aliphatic hydroxyl groups is 1. The molecule has 1 amide bonds. The summed E-state index contributed by atoms with van der Waals surface area (Å²) in [6.07, 6.45) is 0.819. The lowest BCUT2D eigenvalue weighted by Gasteiger charge is -2.43. The molecule has 5 rings (SSSR count). The van der Waals surface area contributed by atoms with Crippen molar-refractivity contribution in [3.05, 3.63) is 106 Å². The van der Waals surface area contributed by atoms with Crippen molar-refractivity contribution >= 4 is 5.91 Å². The molecule has 0 atom stereocenters. The summed E-state index contributed by atoms with van der Waals surface area (Å²) in [6.45, 7) is 4.60. The van der Waals surface area contributed by atoms with Gasteiger partial charge in [-0.05, 0) is 49.9 Å². The minimum atomic E-state index is -1.60. The van der Waals surface area contributed by atoms with E-state index in [0.717, 1.165) is 17.2 Å². The molecule has 40 heavy (non-hydrogen) atoms. The number of morpholine rings is 1. The molecule has 2 aliphatic rings. The van der Waals surface area contributed by atoms with E-state index < -0.39 is 34.0 Å². The van der Waals surface area contributed by atoms with Gasteiger partial charge in [0.1, 0.15) is 11.2 Å². The standard InChI is InChI=1S/C32H35F3N2O3/c1-23-28(34)26(22-27(33)29(23)35)31(39)12-15-36(16-13-31)17-14-32(24-8-4-2-5-9-24,25-10-6-3-7-11-25)30(38)37-18-20-40-21-19-37/h2-11,22,39H,12-21H2,1H3. The Morgan fingerprint density at radius 1 is 0.900 bits per heavy atom. The number of rotatable bonds is 7. The fourth-order valence-electron chi connectivity index (χ4n) is 6.10. The van der Waals surface area contributed by atoms with Crippen LogP contribution in [-0.4, -0.2) is 66.8 Å². The predicted octanol–water partition coefficient (Wildman–Crippen LogP) is 4.93. The number of amides is 1. The summed E-state index contributed by atoms with van der Waals surface area (Å²) in [5.41, 5.74) is -1.34. The zero-order chi connectivity index (χ0) is 28.3. The van der Waals surface area contributed by atoms with E-state index in [1.165, 1.54) is 6.92 Å². The average molecular weight is 553 g/mol. The highest BCUT2D eigenvalue weighted by Crippen LogP contribution is 2.40. The van der Waals surface area contributed by atoms with Crippen molar-refractivity contribution in [2.45, 2.75) is 37.2 Å². The number of halogens is 3. The number of nitrogens with zero attached hydrogens (tertiary/aromatic N) is 2. The molecular weight excluding hydrogens is 517 g/mol. The summed E-state index contributed by atoms with van der Waals surface area (Å²) in [5.74, 6) is -3.27. The summed E-state index contributed by atoms with van der Waals surface area (Å²) >= 11 is 0. The Morgan fingerprint density at radius 3 is 2.00 bits per heavy atom. The highest BCUT2D eigenvalue weighted by molar-refractivity contribution is 5.92. The van der Waals surface area contributed by atoms with E-state index in [1.807, 2.05) is 65.6 Å². The van der Waals surface area contributed by atoms with Crippen LogP contribution in [-0.2, 0) is 20.5 Å². The molecule has 0 spiro atoms. The van der Waals surface area contributed by atoms with Crippen LogP contribution >= 0.6 is 0 Å². The highest BCUT2D eigenvalue weighted by atomic mass is 19.2. The Morgan fingerprint density at radius 2 is 1.45 bits per heavy atom. The van der Waals surface area contributed by atoms with Crippen molar-refractivity contribution in [1.29, 1.82) is 0 Å². The van der Waals surface area contributed by atoms with E-state index in [1.54, 1.807) is 0 Å². The number of hydrogen-bond donors (Lipinski definition) is 1. The number of likely N-dealkylation sites (tertiary alicyclic amines) is 1. The molecular formula is C32H35F3N2O3. The van der Waals surface area contributed by atoms with Crippen LogP contribution in [0.4, 0.5) is 13.2 Å². The van der Waals surface area contributed by atoms with Gasteiger partial charge in [0.2, 0.25) is 5.91 Å². The fourth-order valence-corrected chi connectivity index (χ4v) is 6.10. The zero-order valence-electron chi connectivity index (χ0n) is 22.7. The quantitative estimate of drug-likeness (QED) is 0.423. The molecule has 2 aliphatic heterocycles. The second kappa shape index (κ2) is 11.7. The molecule has 3 aromatic carbocycles. The van der Waals surface area contributed by atoms with Crippen LogP contribution in [0.15, 0.2) is 66.7 Å². The third-order valence-electron chi connectivity index (χ3n) is 8.56. The van der Waals surface area contributed by atoms with Gasteiger partial charge in [-0.15, -0.1) is 0 Å². The van der Waals surface area contributed by atoms with Crippen LogP contribution in [0.1, 0.15) is 41.5 Å². The maximum Gasteiger partial charge on any atom is 0.237 e. The van der Waals surface area contributed by atoms with Crippen molar-refractivity contribution in [2.75, 3.05) is 45.9 Å². The summed E-state index contributed by atoms with van der Waals surface area (Å²) in [5, 5.41) is 11.3. The molecule has 1 N–H and O–H groups in total. The monoisotopic (exact) mass is 552 g/mol. The SMILES string of the molecule is Cc1c(F)c(F)cc(C2(O)CCN(CCC(C(=O)N3CCOCC3)(c3ccccc3)c3ccccc3)CC2)c1F. The molecule has 0 aliphatic carbocycles. The molecule has 0 unspecified atom stereocenters. The Balaban J connectivity index is 1.41. The lowest BCUT2D eigenvalue weighted by molar-refractivity contribution is -0.140. The normalized spacial score (nSPS) is 18.1. The number of ether oxygens (including phenoxy) is 1. The third kappa shape index (κ3) is 5.28. The molecule has 0 aromatic heterocycles. The predicted molar refractivity (Wildman–Crippen MR) is 146 cm³/mol. The van der Waals surface area contributed by atoms with Gasteiger partial charge in [-0.2, -0.15) is 0 Å². The molecule has 0 radical (unpaired) electrons. The minimum absolute atomic E-state index is 0.0287. The van der Waals surface area contributed by atoms with Gasteiger partial charge in [-0.3, -0.25) is 4.79 Å². The van der Waals surface area contributed by atoms with Crippen LogP contribution in [0.5, 0.6) is 0 Å². The first-order valence-electron chi connectivity index (χ1n) is 13.8. The van der Waals surface area contributed by atoms with Gasteiger partial charge in [0, 0.05) is 37.3 Å². The number of hydrogen-bond acceptors (Lipinski definition) is 4. The Labute approximate surface area is 233 Å². The van der Waals surface area contributed by atoms with Crippen molar-refractivity contribution in [2.24, 2.45) is 0 Å². The first-order valence-corrected chi connectivity index (χ1v) is 13.8. The summed E-state index contributed by atoms with van der Waals surface area (Å²) in [6, 6.07) is 20.4. The summed E-state index contributed by atoms with van der Waals surface area (Å²) < 4.78 is 48.4. The van der Waals surface area contributed by atoms with Crippen molar-refractivity contribution in [1.82, 2.24) is 9.80 Å². The van der Waals surface area contributed by atoms with E-state index >= 15 is 0 Å². The van der Waals surface area contributed by atoms with Crippen LogP contribution < -0.4 is 0 Å². The Hall–Kier alpha value is -3.20. The molecule has 2 fully saturated rings. The second-order valence-corrected chi connectivity index (χ2v) is 10.8. The first kappa shape index (κ1) is 28.3. The van der Waals surface area contributed by atoms with Gasteiger partial charge in [0.05, 0.1) is 18.8 Å². The maximum atomic E-state index is 14.9. The van der Waals surface area contributed by atoms with E-state index in [4.69, 9.17) is 4.74 Å². The second-order valence-electron chi connectivity index (χ2n) is 10.8. The van der Waals surface area contributed by atoms with Crippen molar-refractivity contribution in [3.8, 4) is 0 Å². The number of carbonyl (C=O) groups excluding carboxylic acids is 1. The topological polar surface area (TPSA) is 53.0 Å². The van der Waals surface area contributed by atoms with E-state index in [2.05, 4.69) is 4.90 Å². The highest BCUT2D eigenvalue weighted by Gasteiger charge is 2.45. The van der Waals surface area contributed by atoms with E-state index in [9.17, 15) is 23.1 Å². The molecule has 5 nitrogen and oxygen atoms in total. The van der Waals surface area contributed by atoms with Gasteiger partial charge in [-0.25, -0.2) is 13.2 Å². The molecule has 0 saturated carbocycles. The summed E-state index contributed by atoms with van der Waals surface area (Å²) in [4.78, 5) is 18.4. The maximum absolute atomic E-state index is 14.9. The van der Waals surface area contributed by atoms with E-state index in [0.29, 0.717) is 52.4 Å². The van der Waals surface area contributed by atoms with Gasteiger partial charge in [0.25, 0.3) is 0 Å². The smallest absolute Gasteiger partial charge is 0.237 e. The zero-order valence-corrected chi connectivity index (χ0v) is 22.7. The van der Waals surface area contributed by atoms with E-state index in [-0.39, 0.29) is 24.3 Å². The average Bonchev–Trinajstić information content (AvgIpc) is 3.00. The van der Waals surface area contributed by atoms with Gasteiger partial charge >= 0.3 is 0 Å². The van der Waals surface area contributed by atoms with Crippen molar-refractivity contribution < 1.29 is 27.8 Å². The minimum Gasteiger partial charge on any atom is -0.385 e. The van der Waals surface area contributed by atoms with Gasteiger partial charge in [-0.1, -0.05) is 60.7 Å². The van der Waals surface area contributed by atoms with Gasteiger partial charge < -0.3 is 19.6 Å². The van der Waals surface area contributed by atoms with Crippen LogP contribution in [0.3, 0.4) is 0 Å². The number of piperidine rings is 1. The fraction of sp³-hybridized carbons (Fsp3) is 0.406. The van der Waals surface area contributed by atoms with Crippen LogP contribution in [0.25, 0.3) is 0 Å². The van der Waals surface area contributed by atoms with Gasteiger partial charge in [0.15, 0.2) is 11.6 Å².